The molecule has 0 saturated heterocycles. The summed E-state index contributed by atoms with van der Waals surface area (Å²) in [6.07, 6.45) is 0.864. The molecule has 0 unspecified atom stereocenters. The lowest BCUT2D eigenvalue weighted by Crippen LogP contribution is -2.38. The second-order valence-corrected chi connectivity index (χ2v) is 5.16. The van der Waals surface area contributed by atoms with E-state index in [4.69, 9.17) is 4.74 Å². The fraction of sp³-hybridized carbons (Fsp3) is 0.588. The van der Waals surface area contributed by atoms with Crippen molar-refractivity contribution in [1.82, 2.24) is 10.6 Å². The predicted octanol–water partition coefficient (Wildman–Crippen LogP) is 3.08. The molecule has 0 radical (unpaired) electrons. The van der Waals surface area contributed by atoms with Crippen LogP contribution in [0.25, 0.3) is 0 Å². The van der Waals surface area contributed by atoms with Gasteiger partial charge in [-0.3, -0.25) is 0 Å². The molecule has 136 valence electrons. The molecule has 0 fully saturated rings. The summed E-state index contributed by atoms with van der Waals surface area (Å²) in [5.41, 5.74) is 1.60. The Balaban J connectivity index is 2.68. The van der Waals surface area contributed by atoms with Crippen LogP contribution in [0.1, 0.15) is 31.4 Å². The number of halogens is 2. The second kappa shape index (κ2) is 11.6. The number of benzene rings is 1. The van der Waals surface area contributed by atoms with E-state index >= 15 is 0 Å². The number of ether oxygens (including phenoxy) is 2. The number of nitrogens with one attached hydrogen (secondary N) is 2. The standard InChI is InChI=1S/C17H27F2N3O2/c1-4-20-17(21-9-6-10-23-5-2)22-12-14-11-13(3)7-8-15(14)24-16(18)19/h7-8,11,16H,4-6,9-10,12H2,1-3H3,(H2,20,21,22). The molecular weight excluding hydrogens is 316 g/mol. The normalized spacial score (nSPS) is 11.7. The van der Waals surface area contributed by atoms with Crippen molar-refractivity contribution < 1.29 is 18.3 Å². The van der Waals surface area contributed by atoms with Crippen molar-refractivity contribution in [2.75, 3.05) is 26.3 Å². The third kappa shape index (κ3) is 8.10. The van der Waals surface area contributed by atoms with Gasteiger partial charge in [0.25, 0.3) is 0 Å². The molecule has 0 amide bonds. The minimum absolute atomic E-state index is 0.159. The highest BCUT2D eigenvalue weighted by molar-refractivity contribution is 5.79. The van der Waals surface area contributed by atoms with E-state index in [0.717, 1.165) is 18.5 Å². The summed E-state index contributed by atoms with van der Waals surface area (Å²) in [6, 6.07) is 5.09. The van der Waals surface area contributed by atoms with Crippen molar-refractivity contribution in [3.8, 4) is 5.75 Å². The molecule has 0 aliphatic rings. The Morgan fingerprint density at radius 1 is 1.25 bits per heavy atom. The fourth-order valence-corrected chi connectivity index (χ4v) is 2.07. The van der Waals surface area contributed by atoms with E-state index in [9.17, 15) is 8.78 Å². The zero-order valence-electron chi connectivity index (χ0n) is 14.6. The number of nitrogens with zero attached hydrogens (tertiary/aromatic N) is 1. The van der Waals surface area contributed by atoms with Gasteiger partial charge in [0.05, 0.1) is 6.54 Å². The number of aliphatic imine (C=N–C) groups is 1. The molecule has 24 heavy (non-hydrogen) atoms. The molecule has 0 atom stereocenters. The summed E-state index contributed by atoms with van der Waals surface area (Å²) in [6.45, 7) is 6.06. The lowest BCUT2D eigenvalue weighted by Gasteiger charge is -2.13. The van der Waals surface area contributed by atoms with E-state index in [2.05, 4.69) is 20.4 Å². The predicted molar refractivity (Wildman–Crippen MR) is 91.7 cm³/mol. The molecule has 7 heteroatoms. The summed E-state index contributed by atoms with van der Waals surface area (Å²) in [5.74, 6) is 0.796. The number of guanidine groups is 1. The summed E-state index contributed by atoms with van der Waals surface area (Å²) in [5, 5.41) is 6.32. The van der Waals surface area contributed by atoms with Crippen molar-refractivity contribution in [3.63, 3.8) is 0 Å². The maximum atomic E-state index is 12.5. The van der Waals surface area contributed by atoms with Crippen LogP contribution in [0.3, 0.4) is 0 Å². The Bertz CT molecular complexity index is 511. The lowest BCUT2D eigenvalue weighted by atomic mass is 10.1. The Labute approximate surface area is 142 Å². The smallest absolute Gasteiger partial charge is 0.387 e. The van der Waals surface area contributed by atoms with Crippen LogP contribution in [0.5, 0.6) is 5.75 Å². The minimum atomic E-state index is -2.85. The summed E-state index contributed by atoms with van der Waals surface area (Å²) in [4.78, 5) is 4.44. The molecule has 0 bridgehead atoms. The van der Waals surface area contributed by atoms with E-state index in [0.29, 0.717) is 31.3 Å². The van der Waals surface area contributed by atoms with Gasteiger partial charge in [0.15, 0.2) is 5.96 Å². The molecule has 0 aromatic heterocycles. The summed E-state index contributed by atoms with van der Waals surface area (Å²) in [7, 11) is 0. The van der Waals surface area contributed by atoms with Crippen LogP contribution in [-0.4, -0.2) is 38.9 Å². The monoisotopic (exact) mass is 343 g/mol. The first-order valence-electron chi connectivity index (χ1n) is 8.21. The van der Waals surface area contributed by atoms with Crippen molar-refractivity contribution in [1.29, 1.82) is 0 Å². The van der Waals surface area contributed by atoms with Crippen LogP contribution in [0.15, 0.2) is 23.2 Å². The van der Waals surface area contributed by atoms with E-state index < -0.39 is 6.61 Å². The molecule has 1 aromatic carbocycles. The van der Waals surface area contributed by atoms with E-state index in [1.807, 2.05) is 20.8 Å². The van der Waals surface area contributed by atoms with E-state index in [-0.39, 0.29) is 12.3 Å². The molecule has 0 heterocycles. The molecule has 0 saturated carbocycles. The largest absolute Gasteiger partial charge is 0.434 e. The number of alkyl halides is 2. The van der Waals surface area contributed by atoms with Gasteiger partial charge in [-0.15, -0.1) is 0 Å². The molecule has 5 nitrogen and oxygen atoms in total. The topological polar surface area (TPSA) is 54.9 Å². The zero-order valence-corrected chi connectivity index (χ0v) is 14.6. The zero-order chi connectivity index (χ0) is 17.8. The van der Waals surface area contributed by atoms with Gasteiger partial charge < -0.3 is 20.1 Å². The first kappa shape index (κ1) is 20.2. The highest BCUT2D eigenvalue weighted by Crippen LogP contribution is 2.22. The summed E-state index contributed by atoms with van der Waals surface area (Å²) < 4.78 is 34.8. The fourth-order valence-electron chi connectivity index (χ4n) is 2.07. The lowest BCUT2D eigenvalue weighted by molar-refractivity contribution is -0.0504. The molecule has 1 aromatic rings. The maximum absolute atomic E-state index is 12.5. The number of aryl methyl sites for hydroxylation is 1. The number of hydrogen-bond acceptors (Lipinski definition) is 3. The van der Waals surface area contributed by atoms with Gasteiger partial charge in [-0.05, 0) is 33.3 Å². The number of hydrogen-bond donors (Lipinski definition) is 2. The molecule has 1 rings (SSSR count). The van der Waals surface area contributed by atoms with Gasteiger partial charge in [-0.1, -0.05) is 17.7 Å². The van der Waals surface area contributed by atoms with Crippen LogP contribution < -0.4 is 15.4 Å². The minimum Gasteiger partial charge on any atom is -0.434 e. The Morgan fingerprint density at radius 3 is 2.71 bits per heavy atom. The Morgan fingerprint density at radius 2 is 2.04 bits per heavy atom. The van der Waals surface area contributed by atoms with Gasteiger partial charge in [-0.2, -0.15) is 8.78 Å². The van der Waals surface area contributed by atoms with Crippen LogP contribution in [0.4, 0.5) is 8.78 Å². The van der Waals surface area contributed by atoms with E-state index in [1.54, 1.807) is 18.2 Å². The highest BCUT2D eigenvalue weighted by atomic mass is 19.3. The van der Waals surface area contributed by atoms with Gasteiger partial charge in [0.1, 0.15) is 5.75 Å². The van der Waals surface area contributed by atoms with Gasteiger partial charge in [0.2, 0.25) is 0 Å². The van der Waals surface area contributed by atoms with Gasteiger partial charge in [-0.25, -0.2) is 4.99 Å². The van der Waals surface area contributed by atoms with Crippen LogP contribution in [-0.2, 0) is 11.3 Å². The quantitative estimate of drug-likeness (QED) is 0.389. The SMILES string of the molecule is CCNC(=NCc1cc(C)ccc1OC(F)F)NCCCOCC. The maximum Gasteiger partial charge on any atom is 0.387 e. The van der Waals surface area contributed by atoms with Crippen molar-refractivity contribution in [2.45, 2.75) is 40.3 Å². The molecule has 0 spiro atoms. The Hall–Kier alpha value is -1.89. The number of rotatable bonds is 10. The van der Waals surface area contributed by atoms with Gasteiger partial charge in [0, 0.05) is 31.9 Å². The first-order chi connectivity index (χ1) is 11.6. The van der Waals surface area contributed by atoms with Crippen molar-refractivity contribution in [3.05, 3.63) is 29.3 Å². The average molecular weight is 343 g/mol. The van der Waals surface area contributed by atoms with Crippen molar-refractivity contribution in [2.24, 2.45) is 4.99 Å². The molecule has 0 aliphatic heterocycles. The highest BCUT2D eigenvalue weighted by Gasteiger charge is 2.10. The van der Waals surface area contributed by atoms with Crippen LogP contribution in [0, 0.1) is 6.92 Å². The van der Waals surface area contributed by atoms with E-state index in [1.165, 1.54) is 0 Å². The third-order valence-corrected chi connectivity index (χ3v) is 3.15. The average Bonchev–Trinajstić information content (AvgIpc) is 2.54. The third-order valence-electron chi connectivity index (χ3n) is 3.15. The second-order valence-electron chi connectivity index (χ2n) is 5.16. The molecular formula is C17H27F2N3O2. The molecule has 0 aliphatic carbocycles. The van der Waals surface area contributed by atoms with Crippen LogP contribution >= 0.6 is 0 Å². The molecule has 2 N–H and O–H groups in total. The Kier molecular flexibility index (Phi) is 9.76. The van der Waals surface area contributed by atoms with Gasteiger partial charge >= 0.3 is 6.61 Å². The summed E-state index contributed by atoms with van der Waals surface area (Å²) >= 11 is 0. The van der Waals surface area contributed by atoms with Crippen LogP contribution in [0.2, 0.25) is 0 Å². The first-order valence-corrected chi connectivity index (χ1v) is 8.21. The van der Waals surface area contributed by atoms with Crippen molar-refractivity contribution >= 4 is 5.96 Å².